The van der Waals surface area contributed by atoms with Crippen molar-refractivity contribution in [2.24, 2.45) is 0 Å². The van der Waals surface area contributed by atoms with E-state index in [1.807, 2.05) is 6.07 Å². The molecule has 1 atom stereocenters. The molecule has 2 aromatic rings. The number of fused-ring (bicyclic) bond motifs is 1. The molecule has 2 aromatic heterocycles. The molecule has 24 heavy (non-hydrogen) atoms. The number of ketones is 1. The van der Waals surface area contributed by atoms with Crippen LogP contribution in [0.5, 0.6) is 0 Å². The van der Waals surface area contributed by atoms with E-state index in [2.05, 4.69) is 14.9 Å². The Hall–Kier alpha value is -2.27. The molecule has 1 fully saturated rings. The molecule has 3 heterocycles. The topological polar surface area (TPSA) is 49.0 Å². The molecule has 0 saturated carbocycles. The molecule has 0 amide bonds. The number of H-pyrrole nitrogens is 1. The number of nitrogens with one attached hydrogen (secondary N) is 1. The van der Waals surface area contributed by atoms with Crippen LogP contribution in [0.4, 0.5) is 4.39 Å². The van der Waals surface area contributed by atoms with Gasteiger partial charge in [0, 0.05) is 23.8 Å². The molecular formula is C19H20FN3O. The first-order valence-corrected chi connectivity index (χ1v) is 8.49. The van der Waals surface area contributed by atoms with Gasteiger partial charge in [0.25, 0.3) is 0 Å². The quantitative estimate of drug-likeness (QED) is 0.937. The molecule has 4 nitrogen and oxygen atoms in total. The molecule has 124 valence electrons. The Balaban J connectivity index is 1.68. The third kappa shape index (κ3) is 2.80. The molecule has 0 aromatic carbocycles. The number of carbonyl (C=O) groups is 1. The van der Waals surface area contributed by atoms with Crippen molar-refractivity contribution < 1.29 is 9.18 Å². The number of aromatic amines is 1. The fourth-order valence-corrected chi connectivity index (χ4v) is 3.66. The molecule has 5 heteroatoms. The Morgan fingerprint density at radius 2 is 2.12 bits per heavy atom. The molecule has 1 saturated heterocycles. The van der Waals surface area contributed by atoms with Gasteiger partial charge in [0.1, 0.15) is 11.5 Å². The van der Waals surface area contributed by atoms with Crippen LogP contribution in [-0.2, 0) is 11.3 Å². The zero-order chi connectivity index (χ0) is 16.5. The van der Waals surface area contributed by atoms with Crippen molar-refractivity contribution in [1.29, 1.82) is 0 Å². The van der Waals surface area contributed by atoms with Crippen molar-refractivity contribution >= 4 is 16.8 Å². The Morgan fingerprint density at radius 1 is 1.29 bits per heavy atom. The van der Waals surface area contributed by atoms with Gasteiger partial charge in [0.2, 0.25) is 0 Å². The molecule has 1 aliphatic carbocycles. The number of aromatic nitrogens is 2. The summed E-state index contributed by atoms with van der Waals surface area (Å²) in [5.41, 5.74) is 2.47. The number of pyridine rings is 1. The van der Waals surface area contributed by atoms with Crippen LogP contribution in [-0.4, -0.2) is 33.7 Å². The lowest BCUT2D eigenvalue weighted by molar-refractivity contribution is -0.115. The molecule has 1 N–H and O–H groups in total. The lowest BCUT2D eigenvalue weighted by atomic mass is 9.89. The van der Waals surface area contributed by atoms with E-state index in [0.717, 1.165) is 36.4 Å². The number of hydrogen-bond donors (Lipinski definition) is 1. The van der Waals surface area contributed by atoms with Crippen LogP contribution in [0.25, 0.3) is 11.0 Å². The number of nitrogens with zero attached hydrogens (tertiary/aromatic N) is 2. The average molecular weight is 325 g/mol. The highest BCUT2D eigenvalue weighted by Gasteiger charge is 2.27. The van der Waals surface area contributed by atoms with Crippen LogP contribution in [0, 0.1) is 0 Å². The van der Waals surface area contributed by atoms with Gasteiger partial charge >= 0.3 is 0 Å². The van der Waals surface area contributed by atoms with Crippen LogP contribution in [0.2, 0.25) is 0 Å². The minimum absolute atomic E-state index is 0.221. The van der Waals surface area contributed by atoms with Gasteiger partial charge in [-0.2, -0.15) is 0 Å². The van der Waals surface area contributed by atoms with Gasteiger partial charge in [-0.1, -0.05) is 12.5 Å². The SMILES string of the molecule is O=C1C=CC=C(F)C1c1ccnc2[nH]c(CN3CCCCC3)cc12. The minimum Gasteiger partial charge on any atom is -0.342 e. The van der Waals surface area contributed by atoms with Gasteiger partial charge in [0.15, 0.2) is 5.78 Å². The smallest absolute Gasteiger partial charge is 0.169 e. The number of piperidine rings is 1. The zero-order valence-electron chi connectivity index (χ0n) is 13.5. The van der Waals surface area contributed by atoms with Gasteiger partial charge in [-0.3, -0.25) is 9.69 Å². The predicted molar refractivity (Wildman–Crippen MR) is 91.3 cm³/mol. The van der Waals surface area contributed by atoms with Crippen LogP contribution in [0.1, 0.15) is 36.4 Å². The third-order valence-corrected chi connectivity index (χ3v) is 4.85. The molecule has 1 aliphatic heterocycles. The summed E-state index contributed by atoms with van der Waals surface area (Å²) < 4.78 is 14.2. The second-order valence-corrected chi connectivity index (χ2v) is 6.54. The average Bonchev–Trinajstić information content (AvgIpc) is 2.99. The van der Waals surface area contributed by atoms with Crippen molar-refractivity contribution in [1.82, 2.24) is 14.9 Å². The van der Waals surface area contributed by atoms with Crippen LogP contribution in [0.3, 0.4) is 0 Å². The monoisotopic (exact) mass is 325 g/mol. The molecule has 0 spiro atoms. The summed E-state index contributed by atoms with van der Waals surface area (Å²) in [6, 6.07) is 3.77. The lowest BCUT2D eigenvalue weighted by Crippen LogP contribution is -2.29. The van der Waals surface area contributed by atoms with Crippen molar-refractivity contribution in [3.05, 3.63) is 53.6 Å². The fraction of sp³-hybridized carbons (Fsp3) is 0.368. The predicted octanol–water partition coefficient (Wildman–Crippen LogP) is 3.62. The van der Waals surface area contributed by atoms with Gasteiger partial charge < -0.3 is 4.98 Å². The standard InChI is InChI=1S/C19H20FN3O/c20-16-5-4-6-17(24)18(16)14-7-8-21-19-15(14)11-13(22-19)12-23-9-2-1-3-10-23/h4-8,11,18H,1-3,9-10,12H2,(H,21,22). The number of likely N-dealkylation sites (tertiary alicyclic amines) is 1. The van der Waals surface area contributed by atoms with Gasteiger partial charge in [-0.15, -0.1) is 0 Å². The van der Waals surface area contributed by atoms with E-state index in [-0.39, 0.29) is 5.78 Å². The second-order valence-electron chi connectivity index (χ2n) is 6.54. The largest absolute Gasteiger partial charge is 0.342 e. The molecule has 4 rings (SSSR count). The number of allylic oxidation sites excluding steroid dienone is 4. The van der Waals surface area contributed by atoms with E-state index < -0.39 is 11.7 Å². The summed E-state index contributed by atoms with van der Waals surface area (Å²) in [5, 5.41) is 0.835. The Labute approximate surface area is 140 Å². The third-order valence-electron chi connectivity index (χ3n) is 4.85. The summed E-state index contributed by atoms with van der Waals surface area (Å²) in [7, 11) is 0. The van der Waals surface area contributed by atoms with Crippen LogP contribution in [0.15, 0.2) is 42.4 Å². The molecule has 2 aliphatic rings. The number of halogens is 1. The normalized spacial score (nSPS) is 22.1. The summed E-state index contributed by atoms with van der Waals surface area (Å²) >= 11 is 0. The second kappa shape index (κ2) is 6.32. The Morgan fingerprint density at radius 3 is 2.92 bits per heavy atom. The van der Waals surface area contributed by atoms with Crippen LogP contribution < -0.4 is 0 Å². The molecular weight excluding hydrogens is 305 g/mol. The summed E-state index contributed by atoms with van der Waals surface area (Å²) in [6.45, 7) is 3.06. The first-order valence-electron chi connectivity index (χ1n) is 8.49. The summed E-state index contributed by atoms with van der Waals surface area (Å²) in [4.78, 5) is 22.3. The van der Waals surface area contributed by atoms with Crippen molar-refractivity contribution in [2.45, 2.75) is 31.7 Å². The van der Waals surface area contributed by atoms with Crippen molar-refractivity contribution in [3.8, 4) is 0 Å². The first kappa shape index (κ1) is 15.3. The minimum atomic E-state index is -0.848. The van der Waals surface area contributed by atoms with E-state index in [4.69, 9.17) is 0 Å². The van der Waals surface area contributed by atoms with Crippen molar-refractivity contribution in [2.75, 3.05) is 13.1 Å². The molecule has 1 unspecified atom stereocenters. The fourth-order valence-electron chi connectivity index (χ4n) is 3.66. The van der Waals surface area contributed by atoms with E-state index in [9.17, 15) is 9.18 Å². The summed E-state index contributed by atoms with van der Waals surface area (Å²) in [6.07, 6.45) is 9.67. The maximum atomic E-state index is 14.2. The maximum absolute atomic E-state index is 14.2. The van der Waals surface area contributed by atoms with E-state index in [0.29, 0.717) is 5.56 Å². The Bertz CT molecular complexity index is 830. The maximum Gasteiger partial charge on any atom is 0.169 e. The van der Waals surface area contributed by atoms with E-state index in [1.165, 1.54) is 37.5 Å². The first-order chi connectivity index (χ1) is 11.7. The summed E-state index contributed by atoms with van der Waals surface area (Å²) in [5.74, 6) is -1.48. The number of rotatable bonds is 3. The number of hydrogen-bond acceptors (Lipinski definition) is 3. The highest BCUT2D eigenvalue weighted by Crippen LogP contribution is 2.34. The van der Waals surface area contributed by atoms with E-state index in [1.54, 1.807) is 12.3 Å². The highest BCUT2D eigenvalue weighted by molar-refractivity contribution is 6.01. The van der Waals surface area contributed by atoms with Gasteiger partial charge in [-0.05, 0) is 55.8 Å². The van der Waals surface area contributed by atoms with Crippen molar-refractivity contribution in [3.63, 3.8) is 0 Å². The lowest BCUT2D eigenvalue weighted by Gasteiger charge is -2.25. The zero-order valence-corrected chi connectivity index (χ0v) is 13.5. The molecule has 0 radical (unpaired) electrons. The number of carbonyl (C=O) groups excluding carboxylic acids is 1. The van der Waals surface area contributed by atoms with Gasteiger partial charge in [0.05, 0.1) is 5.92 Å². The van der Waals surface area contributed by atoms with Crippen LogP contribution >= 0.6 is 0 Å². The molecule has 0 bridgehead atoms. The Kier molecular flexibility index (Phi) is 4.02. The highest BCUT2D eigenvalue weighted by atomic mass is 19.1. The van der Waals surface area contributed by atoms with E-state index >= 15 is 0 Å². The van der Waals surface area contributed by atoms with Gasteiger partial charge in [-0.25, -0.2) is 9.37 Å².